The van der Waals surface area contributed by atoms with Crippen molar-refractivity contribution >= 4 is 5.91 Å². The molecule has 1 aromatic heterocycles. The van der Waals surface area contributed by atoms with E-state index in [9.17, 15) is 9.18 Å². The Morgan fingerprint density at radius 2 is 1.87 bits per heavy atom. The molecule has 156 valence electrons. The first kappa shape index (κ1) is 20.1. The second kappa shape index (κ2) is 8.26. The summed E-state index contributed by atoms with van der Waals surface area (Å²) in [5.41, 5.74) is 1.63. The number of nitrogens with zero attached hydrogens (tertiary/aromatic N) is 3. The van der Waals surface area contributed by atoms with Gasteiger partial charge in [0.05, 0.1) is 12.8 Å². The number of ether oxygens (including phenoxy) is 1. The van der Waals surface area contributed by atoms with Crippen LogP contribution in [0.5, 0.6) is 5.75 Å². The van der Waals surface area contributed by atoms with Crippen LogP contribution in [0.25, 0.3) is 5.69 Å². The van der Waals surface area contributed by atoms with Gasteiger partial charge in [0.15, 0.2) is 0 Å². The molecule has 0 saturated heterocycles. The van der Waals surface area contributed by atoms with Crippen molar-refractivity contribution in [2.45, 2.75) is 38.0 Å². The van der Waals surface area contributed by atoms with E-state index in [1.54, 1.807) is 30.8 Å². The number of hydrogen-bond acceptors (Lipinski definition) is 4. The fraction of sp³-hybridized carbons (Fsp3) is 0.348. The molecule has 0 spiro atoms. The molecule has 7 heteroatoms. The van der Waals surface area contributed by atoms with Crippen LogP contribution in [0.15, 0.2) is 48.5 Å². The lowest BCUT2D eigenvalue weighted by atomic mass is 9.78. The van der Waals surface area contributed by atoms with Gasteiger partial charge in [-0.25, -0.2) is 14.1 Å². The molecular formula is C23H25FN4O2. The Balaban J connectivity index is 1.54. The SMILES string of the molecule is COc1ccccc1C1(CNC(=O)c2nc(C)n(-c3ccc(F)cc3)n2)CCCC1. The first-order chi connectivity index (χ1) is 14.5. The fourth-order valence-electron chi connectivity index (χ4n) is 4.32. The van der Waals surface area contributed by atoms with Gasteiger partial charge in [0.1, 0.15) is 17.4 Å². The highest BCUT2D eigenvalue weighted by Crippen LogP contribution is 2.44. The second-order valence-electron chi connectivity index (χ2n) is 7.74. The van der Waals surface area contributed by atoms with Crippen molar-refractivity contribution in [3.05, 3.63) is 71.6 Å². The molecule has 0 radical (unpaired) electrons. The molecule has 0 aliphatic heterocycles. The number of benzene rings is 2. The van der Waals surface area contributed by atoms with Crippen LogP contribution < -0.4 is 10.1 Å². The summed E-state index contributed by atoms with van der Waals surface area (Å²) in [6.07, 6.45) is 4.21. The minimum atomic E-state index is -0.326. The van der Waals surface area contributed by atoms with Crippen LogP contribution in [0.2, 0.25) is 0 Å². The zero-order valence-corrected chi connectivity index (χ0v) is 17.2. The van der Waals surface area contributed by atoms with Crippen LogP contribution in [0.3, 0.4) is 0 Å². The number of para-hydroxylation sites is 1. The lowest BCUT2D eigenvalue weighted by molar-refractivity contribution is 0.0932. The number of amides is 1. The molecule has 1 N–H and O–H groups in total. The summed E-state index contributed by atoms with van der Waals surface area (Å²) in [4.78, 5) is 17.1. The molecule has 1 aliphatic rings. The molecule has 1 amide bonds. The fourth-order valence-corrected chi connectivity index (χ4v) is 4.32. The van der Waals surface area contributed by atoms with Crippen molar-refractivity contribution in [2.24, 2.45) is 0 Å². The number of aromatic nitrogens is 3. The van der Waals surface area contributed by atoms with Gasteiger partial charge in [0.25, 0.3) is 5.91 Å². The smallest absolute Gasteiger partial charge is 0.291 e. The molecule has 0 bridgehead atoms. The third-order valence-electron chi connectivity index (χ3n) is 5.87. The zero-order valence-electron chi connectivity index (χ0n) is 17.2. The highest BCUT2D eigenvalue weighted by Gasteiger charge is 2.38. The summed E-state index contributed by atoms with van der Waals surface area (Å²) >= 11 is 0. The molecule has 6 nitrogen and oxygen atoms in total. The lowest BCUT2D eigenvalue weighted by Gasteiger charge is -2.31. The Morgan fingerprint density at radius 3 is 2.57 bits per heavy atom. The average molecular weight is 408 g/mol. The molecule has 3 aromatic rings. The van der Waals surface area contributed by atoms with Gasteiger partial charge in [-0.15, -0.1) is 5.10 Å². The molecule has 1 heterocycles. The number of hydrogen-bond donors (Lipinski definition) is 1. The highest BCUT2D eigenvalue weighted by atomic mass is 19.1. The molecular weight excluding hydrogens is 383 g/mol. The number of aryl methyl sites for hydroxylation is 1. The number of carbonyl (C=O) groups is 1. The van der Waals surface area contributed by atoms with Crippen LogP contribution in [-0.4, -0.2) is 34.3 Å². The Bertz CT molecular complexity index is 1040. The standard InChI is InChI=1S/C23H25FN4O2/c1-16-26-21(27-28(16)18-11-9-17(24)10-12-18)22(29)25-15-23(13-5-6-14-23)19-7-3-4-8-20(19)30-2/h3-4,7-12H,5-6,13-15H2,1-2H3,(H,25,29). The van der Waals surface area contributed by atoms with Crippen LogP contribution in [0.1, 0.15) is 47.7 Å². The van der Waals surface area contributed by atoms with E-state index >= 15 is 0 Å². The molecule has 0 atom stereocenters. The summed E-state index contributed by atoms with van der Waals surface area (Å²) < 4.78 is 20.3. The molecule has 4 rings (SSSR count). The minimum absolute atomic E-state index is 0.102. The third kappa shape index (κ3) is 3.79. The number of carbonyl (C=O) groups excluding carboxylic acids is 1. The molecule has 1 fully saturated rings. The average Bonchev–Trinajstić information content (AvgIpc) is 3.40. The van der Waals surface area contributed by atoms with Crippen LogP contribution in [0, 0.1) is 12.7 Å². The summed E-state index contributed by atoms with van der Waals surface area (Å²) in [6.45, 7) is 2.26. The third-order valence-corrected chi connectivity index (χ3v) is 5.87. The van der Waals surface area contributed by atoms with Crippen molar-refractivity contribution < 1.29 is 13.9 Å². The Morgan fingerprint density at radius 1 is 1.17 bits per heavy atom. The first-order valence-electron chi connectivity index (χ1n) is 10.1. The van der Waals surface area contributed by atoms with Crippen molar-refractivity contribution in [1.82, 2.24) is 20.1 Å². The van der Waals surface area contributed by atoms with Crippen molar-refractivity contribution in [3.63, 3.8) is 0 Å². The van der Waals surface area contributed by atoms with E-state index in [0.29, 0.717) is 18.1 Å². The highest BCUT2D eigenvalue weighted by molar-refractivity contribution is 5.90. The van der Waals surface area contributed by atoms with Gasteiger partial charge in [-0.05, 0) is 50.1 Å². The van der Waals surface area contributed by atoms with Gasteiger partial charge in [-0.1, -0.05) is 31.0 Å². The number of halogens is 1. The van der Waals surface area contributed by atoms with Crippen LogP contribution >= 0.6 is 0 Å². The van der Waals surface area contributed by atoms with Gasteiger partial charge in [-0.2, -0.15) is 0 Å². The Hall–Kier alpha value is -3.22. The Kier molecular flexibility index (Phi) is 5.53. The molecule has 30 heavy (non-hydrogen) atoms. The van der Waals surface area contributed by atoms with E-state index in [-0.39, 0.29) is 23.0 Å². The predicted molar refractivity (Wildman–Crippen MR) is 112 cm³/mol. The van der Waals surface area contributed by atoms with E-state index in [4.69, 9.17) is 4.74 Å². The number of nitrogens with one attached hydrogen (secondary N) is 1. The largest absolute Gasteiger partial charge is 0.496 e. The van der Waals surface area contributed by atoms with E-state index in [1.165, 1.54) is 12.1 Å². The van der Waals surface area contributed by atoms with Crippen molar-refractivity contribution in [1.29, 1.82) is 0 Å². The monoisotopic (exact) mass is 408 g/mol. The molecule has 2 aromatic carbocycles. The number of methoxy groups -OCH3 is 1. The quantitative estimate of drug-likeness (QED) is 0.670. The van der Waals surface area contributed by atoms with E-state index in [2.05, 4.69) is 21.5 Å². The van der Waals surface area contributed by atoms with Crippen molar-refractivity contribution in [2.75, 3.05) is 13.7 Å². The van der Waals surface area contributed by atoms with Gasteiger partial charge >= 0.3 is 0 Å². The van der Waals surface area contributed by atoms with Gasteiger partial charge in [0.2, 0.25) is 5.82 Å². The summed E-state index contributed by atoms with van der Waals surface area (Å²) in [5, 5.41) is 7.37. The topological polar surface area (TPSA) is 69.0 Å². The van der Waals surface area contributed by atoms with E-state index < -0.39 is 0 Å². The van der Waals surface area contributed by atoms with Gasteiger partial charge < -0.3 is 10.1 Å². The lowest BCUT2D eigenvalue weighted by Crippen LogP contribution is -2.39. The maximum Gasteiger partial charge on any atom is 0.291 e. The Labute approximate surface area is 175 Å². The second-order valence-corrected chi connectivity index (χ2v) is 7.74. The van der Waals surface area contributed by atoms with Crippen molar-refractivity contribution in [3.8, 4) is 11.4 Å². The summed E-state index contributed by atoms with van der Waals surface area (Å²) in [6, 6.07) is 13.9. The zero-order chi connectivity index (χ0) is 21.1. The first-order valence-corrected chi connectivity index (χ1v) is 10.1. The van der Waals surface area contributed by atoms with Gasteiger partial charge in [0, 0.05) is 17.5 Å². The van der Waals surface area contributed by atoms with E-state index in [0.717, 1.165) is 37.0 Å². The number of rotatable bonds is 6. The minimum Gasteiger partial charge on any atom is -0.496 e. The maximum absolute atomic E-state index is 13.2. The predicted octanol–water partition coefficient (Wildman–Crippen LogP) is 3.97. The molecule has 0 unspecified atom stereocenters. The molecule has 1 saturated carbocycles. The van der Waals surface area contributed by atoms with Crippen LogP contribution in [-0.2, 0) is 5.41 Å². The summed E-state index contributed by atoms with van der Waals surface area (Å²) in [5.74, 6) is 0.869. The van der Waals surface area contributed by atoms with Gasteiger partial charge in [-0.3, -0.25) is 4.79 Å². The normalized spacial score (nSPS) is 15.2. The van der Waals surface area contributed by atoms with Crippen LogP contribution in [0.4, 0.5) is 4.39 Å². The summed E-state index contributed by atoms with van der Waals surface area (Å²) in [7, 11) is 1.68. The van der Waals surface area contributed by atoms with E-state index in [1.807, 2.05) is 18.2 Å². The molecule has 1 aliphatic carbocycles. The maximum atomic E-state index is 13.2.